The number of benzene rings is 2. The van der Waals surface area contributed by atoms with Crippen LogP contribution < -0.4 is 5.73 Å². The van der Waals surface area contributed by atoms with Crippen molar-refractivity contribution < 1.29 is 0 Å². The zero-order valence-electron chi connectivity index (χ0n) is 11.9. The van der Waals surface area contributed by atoms with E-state index in [0.29, 0.717) is 5.92 Å². The van der Waals surface area contributed by atoms with E-state index in [4.69, 9.17) is 5.73 Å². The van der Waals surface area contributed by atoms with Crippen molar-refractivity contribution in [3.05, 3.63) is 71.8 Å². The van der Waals surface area contributed by atoms with Crippen LogP contribution in [0.3, 0.4) is 0 Å². The topological polar surface area (TPSA) is 29.3 Å². The molecular weight excluding hydrogens is 303 g/mol. The average Bonchev–Trinajstić information content (AvgIpc) is 2.82. The van der Waals surface area contributed by atoms with Crippen LogP contribution in [-0.4, -0.2) is 24.0 Å². The molecule has 1 saturated heterocycles. The first kappa shape index (κ1) is 18.0. The SMILES string of the molecule is Cl.Cl.N[C@H]1CN(Cc2ccccc2)C[C@@H]1c1ccccc1. The van der Waals surface area contributed by atoms with Gasteiger partial charge in [0.1, 0.15) is 0 Å². The average molecular weight is 325 g/mol. The lowest BCUT2D eigenvalue weighted by molar-refractivity contribution is 0.324. The maximum Gasteiger partial charge on any atom is 0.0250 e. The van der Waals surface area contributed by atoms with Gasteiger partial charge in [-0.15, -0.1) is 24.8 Å². The lowest BCUT2D eigenvalue weighted by Crippen LogP contribution is -2.28. The third-order valence-corrected chi connectivity index (χ3v) is 3.92. The summed E-state index contributed by atoms with van der Waals surface area (Å²) in [6, 6.07) is 21.5. The number of likely N-dealkylation sites (tertiary alicyclic amines) is 1. The summed E-state index contributed by atoms with van der Waals surface area (Å²) in [5, 5.41) is 0. The van der Waals surface area contributed by atoms with Gasteiger partial charge in [0.05, 0.1) is 0 Å². The van der Waals surface area contributed by atoms with E-state index in [9.17, 15) is 0 Å². The van der Waals surface area contributed by atoms with E-state index in [2.05, 4.69) is 65.6 Å². The van der Waals surface area contributed by atoms with E-state index in [-0.39, 0.29) is 30.9 Å². The van der Waals surface area contributed by atoms with Crippen molar-refractivity contribution in [3.8, 4) is 0 Å². The second-order valence-corrected chi connectivity index (χ2v) is 5.36. The number of hydrogen-bond acceptors (Lipinski definition) is 2. The highest BCUT2D eigenvalue weighted by Gasteiger charge is 2.30. The Bertz CT molecular complexity index is 519. The third kappa shape index (κ3) is 4.45. The lowest BCUT2D eigenvalue weighted by Gasteiger charge is -2.16. The van der Waals surface area contributed by atoms with Gasteiger partial charge in [-0.3, -0.25) is 4.90 Å². The molecule has 3 rings (SSSR count). The Morgan fingerprint density at radius 1 is 0.857 bits per heavy atom. The summed E-state index contributed by atoms with van der Waals surface area (Å²) < 4.78 is 0. The fraction of sp³-hybridized carbons (Fsp3) is 0.294. The van der Waals surface area contributed by atoms with Crippen molar-refractivity contribution >= 4 is 24.8 Å². The van der Waals surface area contributed by atoms with Gasteiger partial charge in [0.2, 0.25) is 0 Å². The number of halogens is 2. The summed E-state index contributed by atoms with van der Waals surface area (Å²) in [5.41, 5.74) is 9.04. The molecule has 0 aliphatic carbocycles. The predicted octanol–water partition coefficient (Wildman–Crippen LogP) is 3.46. The molecule has 2 aromatic carbocycles. The van der Waals surface area contributed by atoms with Crippen LogP contribution in [-0.2, 0) is 6.54 Å². The van der Waals surface area contributed by atoms with Gasteiger partial charge in [0, 0.05) is 31.6 Å². The predicted molar refractivity (Wildman–Crippen MR) is 93.4 cm³/mol. The van der Waals surface area contributed by atoms with Gasteiger partial charge in [-0.25, -0.2) is 0 Å². The van der Waals surface area contributed by atoms with Gasteiger partial charge in [-0.2, -0.15) is 0 Å². The molecule has 4 heteroatoms. The molecule has 114 valence electrons. The zero-order valence-corrected chi connectivity index (χ0v) is 13.5. The van der Waals surface area contributed by atoms with Crippen LogP contribution in [0.5, 0.6) is 0 Å². The number of nitrogens with zero attached hydrogens (tertiary/aromatic N) is 1. The van der Waals surface area contributed by atoms with Crippen molar-refractivity contribution in [2.24, 2.45) is 5.73 Å². The summed E-state index contributed by atoms with van der Waals surface area (Å²) in [6.45, 7) is 3.03. The van der Waals surface area contributed by atoms with Crippen LogP contribution in [0.4, 0.5) is 0 Å². The van der Waals surface area contributed by atoms with Gasteiger partial charge >= 0.3 is 0 Å². The molecule has 2 aromatic rings. The molecule has 0 spiro atoms. The van der Waals surface area contributed by atoms with Gasteiger partial charge in [-0.1, -0.05) is 60.7 Å². The van der Waals surface area contributed by atoms with Crippen LogP contribution >= 0.6 is 24.8 Å². The molecule has 0 amide bonds. The molecule has 2 N–H and O–H groups in total. The van der Waals surface area contributed by atoms with E-state index in [1.807, 2.05) is 0 Å². The van der Waals surface area contributed by atoms with Crippen LogP contribution in [0, 0.1) is 0 Å². The number of rotatable bonds is 3. The second kappa shape index (κ2) is 8.40. The minimum absolute atomic E-state index is 0. The van der Waals surface area contributed by atoms with E-state index in [0.717, 1.165) is 19.6 Å². The minimum Gasteiger partial charge on any atom is -0.326 e. The standard InChI is InChI=1S/C17H20N2.2ClH/c18-17-13-19(11-14-7-3-1-4-8-14)12-16(17)15-9-5-2-6-10-15;;/h1-10,16-17H,11-13,18H2;2*1H/t16-,17+;;/m1../s1. The Hall–Kier alpha value is -1.06. The van der Waals surface area contributed by atoms with Crippen molar-refractivity contribution in [3.63, 3.8) is 0 Å². The molecule has 0 radical (unpaired) electrons. The molecule has 1 heterocycles. The van der Waals surface area contributed by atoms with Gasteiger partial charge < -0.3 is 5.73 Å². The molecule has 2 atom stereocenters. The molecule has 2 nitrogen and oxygen atoms in total. The highest BCUT2D eigenvalue weighted by molar-refractivity contribution is 5.85. The van der Waals surface area contributed by atoms with Crippen molar-refractivity contribution in [1.82, 2.24) is 4.90 Å². The van der Waals surface area contributed by atoms with Crippen LogP contribution in [0.2, 0.25) is 0 Å². The van der Waals surface area contributed by atoms with Gasteiger partial charge in [-0.05, 0) is 11.1 Å². The first-order chi connectivity index (χ1) is 9.33. The van der Waals surface area contributed by atoms with E-state index in [1.165, 1.54) is 11.1 Å². The molecule has 0 saturated carbocycles. The Labute approximate surface area is 139 Å². The summed E-state index contributed by atoms with van der Waals surface area (Å²) in [7, 11) is 0. The van der Waals surface area contributed by atoms with Crippen molar-refractivity contribution in [2.45, 2.75) is 18.5 Å². The van der Waals surface area contributed by atoms with Crippen LogP contribution in [0.25, 0.3) is 0 Å². The second-order valence-electron chi connectivity index (χ2n) is 5.36. The summed E-state index contributed by atoms with van der Waals surface area (Å²) in [6.07, 6.45) is 0. The molecule has 1 aliphatic rings. The zero-order chi connectivity index (χ0) is 13.1. The van der Waals surface area contributed by atoms with Crippen molar-refractivity contribution in [1.29, 1.82) is 0 Å². The minimum atomic E-state index is 0. The van der Waals surface area contributed by atoms with E-state index >= 15 is 0 Å². The van der Waals surface area contributed by atoms with Crippen LogP contribution in [0.15, 0.2) is 60.7 Å². The van der Waals surface area contributed by atoms with Gasteiger partial charge in [0.15, 0.2) is 0 Å². The maximum atomic E-state index is 6.31. The largest absolute Gasteiger partial charge is 0.326 e. The quantitative estimate of drug-likeness (QED) is 0.936. The molecule has 1 aliphatic heterocycles. The fourth-order valence-corrected chi connectivity index (χ4v) is 2.94. The lowest BCUT2D eigenvalue weighted by atomic mass is 9.95. The highest BCUT2D eigenvalue weighted by atomic mass is 35.5. The Morgan fingerprint density at radius 2 is 1.43 bits per heavy atom. The molecular formula is C17H22Cl2N2. The Balaban J connectivity index is 0.00000110. The first-order valence-corrected chi connectivity index (χ1v) is 6.90. The number of hydrogen-bond donors (Lipinski definition) is 1. The maximum absolute atomic E-state index is 6.31. The molecule has 0 aromatic heterocycles. The molecule has 21 heavy (non-hydrogen) atoms. The Morgan fingerprint density at radius 3 is 2.05 bits per heavy atom. The van der Waals surface area contributed by atoms with Crippen molar-refractivity contribution in [2.75, 3.05) is 13.1 Å². The summed E-state index contributed by atoms with van der Waals surface area (Å²) in [4.78, 5) is 2.46. The fourth-order valence-electron chi connectivity index (χ4n) is 2.94. The summed E-state index contributed by atoms with van der Waals surface area (Å²) >= 11 is 0. The van der Waals surface area contributed by atoms with E-state index < -0.39 is 0 Å². The van der Waals surface area contributed by atoms with E-state index in [1.54, 1.807) is 0 Å². The van der Waals surface area contributed by atoms with Crippen LogP contribution in [0.1, 0.15) is 17.0 Å². The number of nitrogens with two attached hydrogens (primary N) is 1. The molecule has 0 bridgehead atoms. The molecule has 1 fully saturated rings. The smallest absolute Gasteiger partial charge is 0.0250 e. The molecule has 0 unspecified atom stereocenters. The normalized spacial score (nSPS) is 21.4. The Kier molecular flexibility index (Phi) is 7.20. The first-order valence-electron chi connectivity index (χ1n) is 6.90. The third-order valence-electron chi connectivity index (χ3n) is 3.92. The highest BCUT2D eigenvalue weighted by Crippen LogP contribution is 2.27. The monoisotopic (exact) mass is 324 g/mol. The summed E-state index contributed by atoms with van der Waals surface area (Å²) in [5.74, 6) is 0.463. The van der Waals surface area contributed by atoms with Gasteiger partial charge in [0.25, 0.3) is 0 Å².